The molecule has 0 spiro atoms. The normalized spacial score (nSPS) is 10.7. The van der Waals surface area contributed by atoms with Gasteiger partial charge in [0.2, 0.25) is 5.76 Å². The summed E-state index contributed by atoms with van der Waals surface area (Å²) in [5.41, 5.74) is -0.542. The Morgan fingerprint density at radius 3 is 2.54 bits per heavy atom. The third-order valence-electron chi connectivity index (χ3n) is 3.47. The van der Waals surface area contributed by atoms with Crippen LogP contribution in [0.2, 0.25) is 5.02 Å². The van der Waals surface area contributed by atoms with Gasteiger partial charge in [0.25, 0.3) is 0 Å². The second-order valence-corrected chi connectivity index (χ2v) is 5.68. The van der Waals surface area contributed by atoms with Gasteiger partial charge in [-0.05, 0) is 36.4 Å². The van der Waals surface area contributed by atoms with E-state index in [0.717, 1.165) is 18.2 Å². The Bertz CT molecular complexity index is 1090. The zero-order valence-corrected chi connectivity index (χ0v) is 13.7. The first-order valence-electron chi connectivity index (χ1n) is 7.24. The number of esters is 1. The van der Waals surface area contributed by atoms with Gasteiger partial charge in [0.05, 0.1) is 5.39 Å². The van der Waals surface area contributed by atoms with Crippen molar-refractivity contribution >= 4 is 34.3 Å². The van der Waals surface area contributed by atoms with Crippen molar-refractivity contribution in [3.63, 3.8) is 0 Å². The Morgan fingerprint density at radius 1 is 1.04 bits per heavy atom. The van der Waals surface area contributed by atoms with E-state index < -0.39 is 41.2 Å². The summed E-state index contributed by atoms with van der Waals surface area (Å²) in [5, 5.41) is 0.518. The lowest BCUT2D eigenvalue weighted by atomic mass is 10.1. The van der Waals surface area contributed by atoms with Crippen LogP contribution in [0.4, 0.5) is 8.78 Å². The zero-order valence-electron chi connectivity index (χ0n) is 12.9. The molecule has 0 amide bonds. The fourth-order valence-electron chi connectivity index (χ4n) is 2.18. The number of fused-ring (bicyclic) bond motifs is 1. The molecule has 0 aliphatic heterocycles. The van der Waals surface area contributed by atoms with Crippen LogP contribution in [0, 0.1) is 11.6 Å². The summed E-state index contributed by atoms with van der Waals surface area (Å²) >= 11 is 5.80. The lowest BCUT2D eigenvalue weighted by Crippen LogP contribution is -2.16. The molecule has 8 heteroatoms. The average Bonchev–Trinajstić information content (AvgIpc) is 2.62. The van der Waals surface area contributed by atoms with Gasteiger partial charge in [-0.1, -0.05) is 11.6 Å². The third-order valence-corrected chi connectivity index (χ3v) is 3.70. The molecular formula is C18H9ClF2O5. The van der Waals surface area contributed by atoms with E-state index in [4.69, 9.17) is 20.8 Å². The molecule has 0 radical (unpaired) electrons. The number of carbonyl (C=O) groups excluding carboxylic acids is 2. The van der Waals surface area contributed by atoms with Crippen molar-refractivity contribution in [2.45, 2.75) is 0 Å². The van der Waals surface area contributed by atoms with Gasteiger partial charge in [-0.15, -0.1) is 0 Å². The van der Waals surface area contributed by atoms with Gasteiger partial charge in [0, 0.05) is 16.7 Å². The summed E-state index contributed by atoms with van der Waals surface area (Å²) in [4.78, 5) is 35.9. The van der Waals surface area contributed by atoms with Crippen LogP contribution in [0.3, 0.4) is 0 Å². The second kappa shape index (κ2) is 7.05. The van der Waals surface area contributed by atoms with Crippen molar-refractivity contribution in [1.82, 2.24) is 0 Å². The summed E-state index contributed by atoms with van der Waals surface area (Å²) in [5.74, 6) is -4.48. The lowest BCUT2D eigenvalue weighted by molar-refractivity contribution is 0.0444. The van der Waals surface area contributed by atoms with Crippen LogP contribution in [0.15, 0.2) is 51.7 Å². The van der Waals surface area contributed by atoms with Crippen molar-refractivity contribution in [2.75, 3.05) is 6.61 Å². The predicted octanol–water partition coefficient (Wildman–Crippen LogP) is 3.76. The standard InChI is InChI=1S/C18H9ClF2O5/c19-10-2-4-16-11(6-10)14(22)7-17(26-16)18(24)25-8-15(23)9-1-3-12(20)13(21)5-9/h1-7H,8H2. The van der Waals surface area contributed by atoms with Crippen molar-refractivity contribution in [1.29, 1.82) is 0 Å². The quantitative estimate of drug-likeness (QED) is 0.510. The highest BCUT2D eigenvalue weighted by Gasteiger charge is 2.17. The molecule has 0 aliphatic rings. The van der Waals surface area contributed by atoms with Crippen molar-refractivity contribution in [3.05, 3.63) is 80.7 Å². The van der Waals surface area contributed by atoms with Crippen LogP contribution in [0.1, 0.15) is 20.9 Å². The molecule has 5 nitrogen and oxygen atoms in total. The number of halogens is 3. The monoisotopic (exact) mass is 378 g/mol. The van der Waals surface area contributed by atoms with E-state index in [1.54, 1.807) is 0 Å². The lowest BCUT2D eigenvalue weighted by Gasteiger charge is -2.05. The molecule has 3 rings (SSSR count). The molecule has 3 aromatic rings. The van der Waals surface area contributed by atoms with Gasteiger partial charge in [-0.2, -0.15) is 0 Å². The number of hydrogen-bond acceptors (Lipinski definition) is 5. The van der Waals surface area contributed by atoms with E-state index in [2.05, 4.69) is 0 Å². The molecule has 0 N–H and O–H groups in total. The van der Waals surface area contributed by atoms with Gasteiger partial charge in [-0.3, -0.25) is 9.59 Å². The second-order valence-electron chi connectivity index (χ2n) is 5.24. The maximum Gasteiger partial charge on any atom is 0.374 e. The Kier molecular flexibility index (Phi) is 4.81. The predicted molar refractivity (Wildman–Crippen MR) is 88.5 cm³/mol. The van der Waals surface area contributed by atoms with E-state index in [9.17, 15) is 23.2 Å². The Balaban J connectivity index is 1.76. The van der Waals surface area contributed by atoms with E-state index >= 15 is 0 Å². The molecule has 0 unspecified atom stereocenters. The Hall–Kier alpha value is -3.06. The summed E-state index contributed by atoms with van der Waals surface area (Å²) in [6, 6.07) is 7.77. The fraction of sp³-hybridized carbons (Fsp3) is 0.0556. The average molecular weight is 379 g/mol. The Labute approximate surface area is 149 Å². The minimum Gasteiger partial charge on any atom is -0.451 e. The number of hydrogen-bond donors (Lipinski definition) is 0. The molecule has 132 valence electrons. The topological polar surface area (TPSA) is 73.6 Å². The molecule has 1 aromatic heterocycles. The molecule has 0 aliphatic carbocycles. The highest BCUT2D eigenvalue weighted by Crippen LogP contribution is 2.18. The number of ether oxygens (including phenoxy) is 1. The molecule has 0 saturated heterocycles. The van der Waals surface area contributed by atoms with Crippen molar-refractivity contribution in [2.24, 2.45) is 0 Å². The summed E-state index contributed by atoms with van der Waals surface area (Å²) < 4.78 is 36.1. The summed E-state index contributed by atoms with van der Waals surface area (Å²) in [6.07, 6.45) is 0. The first-order valence-corrected chi connectivity index (χ1v) is 7.62. The minimum atomic E-state index is -1.19. The maximum atomic E-state index is 13.1. The Morgan fingerprint density at radius 2 is 1.81 bits per heavy atom. The fourth-order valence-corrected chi connectivity index (χ4v) is 2.36. The zero-order chi connectivity index (χ0) is 18.8. The molecule has 0 saturated carbocycles. The van der Waals surface area contributed by atoms with Gasteiger partial charge in [0.1, 0.15) is 5.58 Å². The first-order chi connectivity index (χ1) is 12.3. The molecule has 0 fully saturated rings. The van der Waals surface area contributed by atoms with E-state index in [1.165, 1.54) is 18.2 Å². The minimum absolute atomic E-state index is 0.126. The molecular weight excluding hydrogens is 370 g/mol. The van der Waals surface area contributed by atoms with Crippen LogP contribution in [-0.2, 0) is 4.74 Å². The van der Waals surface area contributed by atoms with Crippen LogP contribution in [-0.4, -0.2) is 18.4 Å². The molecule has 26 heavy (non-hydrogen) atoms. The number of carbonyl (C=O) groups is 2. The number of Topliss-reactive ketones (excluding diaryl/α,β-unsaturated/α-hetero) is 1. The van der Waals surface area contributed by atoms with Crippen LogP contribution in [0.25, 0.3) is 11.0 Å². The van der Waals surface area contributed by atoms with E-state index in [-0.39, 0.29) is 16.5 Å². The third kappa shape index (κ3) is 3.62. The van der Waals surface area contributed by atoms with Crippen molar-refractivity contribution in [3.8, 4) is 0 Å². The largest absolute Gasteiger partial charge is 0.451 e. The van der Waals surface area contributed by atoms with E-state index in [0.29, 0.717) is 11.1 Å². The van der Waals surface area contributed by atoms with Crippen molar-refractivity contribution < 1.29 is 27.5 Å². The smallest absolute Gasteiger partial charge is 0.374 e. The number of rotatable bonds is 4. The van der Waals surface area contributed by atoms with Crippen LogP contribution in [0.5, 0.6) is 0 Å². The SMILES string of the molecule is O=C(COC(=O)c1cc(=O)c2cc(Cl)ccc2o1)c1ccc(F)c(F)c1. The van der Waals surface area contributed by atoms with Crippen LogP contribution < -0.4 is 5.43 Å². The molecule has 0 atom stereocenters. The summed E-state index contributed by atoms with van der Waals surface area (Å²) in [6.45, 7) is -0.730. The highest BCUT2D eigenvalue weighted by molar-refractivity contribution is 6.31. The first kappa shape index (κ1) is 17.8. The van der Waals surface area contributed by atoms with Gasteiger partial charge < -0.3 is 9.15 Å². The van der Waals surface area contributed by atoms with Gasteiger partial charge >= 0.3 is 5.97 Å². The number of ketones is 1. The van der Waals surface area contributed by atoms with E-state index in [1.807, 2.05) is 0 Å². The maximum absolute atomic E-state index is 13.1. The summed E-state index contributed by atoms with van der Waals surface area (Å²) in [7, 11) is 0. The highest BCUT2D eigenvalue weighted by atomic mass is 35.5. The van der Waals surface area contributed by atoms with Gasteiger partial charge in [0.15, 0.2) is 29.5 Å². The molecule has 1 heterocycles. The van der Waals surface area contributed by atoms with Gasteiger partial charge in [-0.25, -0.2) is 13.6 Å². The van der Waals surface area contributed by atoms with Crippen LogP contribution >= 0.6 is 11.6 Å². The molecule has 2 aromatic carbocycles. The molecule has 0 bridgehead atoms. The number of benzene rings is 2.